The number of alkyl halides is 3. The summed E-state index contributed by atoms with van der Waals surface area (Å²) in [6, 6.07) is 20.0. The molecule has 32 heavy (non-hydrogen) atoms. The zero-order chi connectivity index (χ0) is 22.7. The molecule has 1 aromatic heterocycles. The molecule has 0 saturated carbocycles. The van der Waals surface area contributed by atoms with E-state index in [1.54, 1.807) is 0 Å². The Morgan fingerprint density at radius 2 is 1.62 bits per heavy atom. The second-order valence-corrected chi connectivity index (χ2v) is 8.58. The van der Waals surface area contributed by atoms with E-state index in [0.717, 1.165) is 39.6 Å². The van der Waals surface area contributed by atoms with Crippen LogP contribution < -0.4 is 4.74 Å². The van der Waals surface area contributed by atoms with E-state index in [2.05, 4.69) is 19.9 Å². The van der Waals surface area contributed by atoms with Crippen LogP contribution in [0.4, 0.5) is 13.2 Å². The van der Waals surface area contributed by atoms with Gasteiger partial charge in [0.2, 0.25) is 5.88 Å². The smallest absolute Gasteiger partial charge is 0.416 e. The zero-order valence-electron chi connectivity index (χ0n) is 18.0. The molecule has 1 aliphatic carbocycles. The van der Waals surface area contributed by atoms with E-state index in [0.29, 0.717) is 23.3 Å². The summed E-state index contributed by atoms with van der Waals surface area (Å²) < 4.78 is 46.4. The fourth-order valence-corrected chi connectivity index (χ4v) is 4.65. The Kier molecular flexibility index (Phi) is 4.55. The lowest BCUT2D eigenvalue weighted by Crippen LogP contribution is -2.17. The van der Waals surface area contributed by atoms with Gasteiger partial charge in [0.15, 0.2) is 0 Å². The van der Waals surface area contributed by atoms with Crippen molar-refractivity contribution in [3.05, 3.63) is 83.6 Å². The van der Waals surface area contributed by atoms with Gasteiger partial charge in [-0.25, -0.2) is 4.98 Å². The summed E-state index contributed by atoms with van der Waals surface area (Å²) in [5, 5.41) is 1.11. The summed E-state index contributed by atoms with van der Waals surface area (Å²) in [6.45, 7) is 6.35. The van der Waals surface area contributed by atoms with Gasteiger partial charge in [-0.05, 0) is 58.8 Å². The van der Waals surface area contributed by atoms with Crippen LogP contribution in [0.3, 0.4) is 0 Å². The average Bonchev–Trinajstić information content (AvgIpc) is 3.00. The molecule has 0 radical (unpaired) electrons. The first-order valence-electron chi connectivity index (χ1n) is 10.6. The lowest BCUT2D eigenvalue weighted by Gasteiger charge is -2.22. The Hall–Kier alpha value is -3.34. The number of fused-ring (bicyclic) bond motifs is 5. The molecule has 3 aromatic carbocycles. The predicted octanol–water partition coefficient (Wildman–Crippen LogP) is 7.63. The summed E-state index contributed by atoms with van der Waals surface area (Å²) in [5.41, 5.74) is 4.47. The number of hydrogen-bond donors (Lipinski definition) is 0. The lowest BCUT2D eigenvalue weighted by atomic mass is 9.84. The maximum atomic E-state index is 13.6. The first-order chi connectivity index (χ1) is 15.2. The van der Waals surface area contributed by atoms with Gasteiger partial charge in [0.1, 0.15) is 0 Å². The Bertz CT molecular complexity index is 1340. The molecule has 0 atom stereocenters. The summed E-state index contributed by atoms with van der Waals surface area (Å²) in [7, 11) is 0. The van der Waals surface area contributed by atoms with E-state index in [1.165, 1.54) is 12.1 Å². The highest BCUT2D eigenvalue weighted by Crippen LogP contribution is 2.53. The zero-order valence-corrected chi connectivity index (χ0v) is 18.0. The van der Waals surface area contributed by atoms with Gasteiger partial charge in [-0.1, -0.05) is 56.3 Å². The number of pyridine rings is 1. The van der Waals surface area contributed by atoms with Crippen molar-refractivity contribution in [1.82, 2.24) is 4.98 Å². The first-order valence-corrected chi connectivity index (χ1v) is 10.6. The van der Waals surface area contributed by atoms with E-state index >= 15 is 0 Å². The third-order valence-corrected chi connectivity index (χ3v) is 6.24. The Labute approximate surface area is 184 Å². The van der Waals surface area contributed by atoms with Gasteiger partial charge >= 0.3 is 6.18 Å². The molecule has 0 spiro atoms. The summed E-state index contributed by atoms with van der Waals surface area (Å²) >= 11 is 0. The van der Waals surface area contributed by atoms with Crippen LogP contribution in [0.5, 0.6) is 5.88 Å². The molecule has 2 nitrogen and oxygen atoms in total. The van der Waals surface area contributed by atoms with E-state index in [9.17, 15) is 13.2 Å². The predicted molar refractivity (Wildman–Crippen MR) is 121 cm³/mol. The van der Waals surface area contributed by atoms with E-state index in [4.69, 9.17) is 9.72 Å². The van der Waals surface area contributed by atoms with Gasteiger partial charge in [-0.15, -0.1) is 0 Å². The molecule has 0 aliphatic heterocycles. The van der Waals surface area contributed by atoms with E-state index < -0.39 is 17.2 Å². The van der Waals surface area contributed by atoms with Crippen molar-refractivity contribution in [3.63, 3.8) is 0 Å². The monoisotopic (exact) mass is 433 g/mol. The third-order valence-electron chi connectivity index (χ3n) is 6.24. The molecule has 4 aromatic rings. The fourth-order valence-electron chi connectivity index (χ4n) is 4.65. The van der Waals surface area contributed by atoms with Crippen LogP contribution in [0.15, 0.2) is 66.7 Å². The number of rotatable bonds is 3. The van der Waals surface area contributed by atoms with Crippen LogP contribution in [0.2, 0.25) is 0 Å². The van der Waals surface area contributed by atoms with Crippen LogP contribution in [-0.4, -0.2) is 11.6 Å². The van der Waals surface area contributed by atoms with Crippen molar-refractivity contribution in [2.24, 2.45) is 0 Å². The second kappa shape index (κ2) is 7.09. The van der Waals surface area contributed by atoms with Crippen molar-refractivity contribution in [3.8, 4) is 28.1 Å². The Morgan fingerprint density at radius 3 is 2.31 bits per heavy atom. The molecule has 162 valence electrons. The minimum absolute atomic E-state index is 0.374. The number of halogens is 3. The van der Waals surface area contributed by atoms with Gasteiger partial charge in [0, 0.05) is 16.4 Å². The number of aromatic nitrogens is 1. The van der Waals surface area contributed by atoms with Crippen LogP contribution in [0.25, 0.3) is 33.0 Å². The Morgan fingerprint density at radius 1 is 0.875 bits per heavy atom. The minimum atomic E-state index is -4.43. The molecule has 0 unspecified atom stereocenters. The minimum Gasteiger partial charge on any atom is -0.478 e. The Balaban J connectivity index is 1.82. The van der Waals surface area contributed by atoms with E-state index in [1.807, 2.05) is 49.4 Å². The number of hydrogen-bond acceptors (Lipinski definition) is 2. The molecule has 1 aliphatic rings. The number of benzene rings is 3. The van der Waals surface area contributed by atoms with Gasteiger partial charge < -0.3 is 4.74 Å². The molecule has 0 N–H and O–H groups in total. The maximum absolute atomic E-state index is 13.6. The molecule has 0 fully saturated rings. The van der Waals surface area contributed by atoms with Crippen molar-refractivity contribution < 1.29 is 17.9 Å². The van der Waals surface area contributed by atoms with Crippen molar-refractivity contribution >= 4 is 10.8 Å². The van der Waals surface area contributed by atoms with Crippen molar-refractivity contribution in [2.75, 3.05) is 6.61 Å². The largest absolute Gasteiger partial charge is 0.478 e. The maximum Gasteiger partial charge on any atom is 0.416 e. The quantitative estimate of drug-likeness (QED) is 0.331. The third kappa shape index (κ3) is 3.07. The van der Waals surface area contributed by atoms with Crippen molar-refractivity contribution in [2.45, 2.75) is 32.4 Å². The average molecular weight is 433 g/mol. The molecule has 5 heteroatoms. The second-order valence-electron chi connectivity index (χ2n) is 8.58. The molecule has 0 amide bonds. The van der Waals surface area contributed by atoms with Gasteiger partial charge in [-0.2, -0.15) is 13.2 Å². The molecule has 0 saturated heterocycles. The van der Waals surface area contributed by atoms with Crippen molar-refractivity contribution in [1.29, 1.82) is 0 Å². The highest BCUT2D eigenvalue weighted by Gasteiger charge is 2.40. The molecular formula is C27H22F3NO. The topological polar surface area (TPSA) is 22.1 Å². The van der Waals surface area contributed by atoms with Crippen LogP contribution in [-0.2, 0) is 11.6 Å². The highest BCUT2D eigenvalue weighted by molar-refractivity contribution is 6.04. The van der Waals surface area contributed by atoms with Gasteiger partial charge in [-0.3, -0.25) is 0 Å². The molecule has 1 heterocycles. The lowest BCUT2D eigenvalue weighted by molar-refractivity contribution is -0.137. The van der Waals surface area contributed by atoms with Crippen LogP contribution in [0.1, 0.15) is 37.6 Å². The van der Waals surface area contributed by atoms with Crippen LogP contribution in [0, 0.1) is 0 Å². The SMILES string of the molecule is CCOc1nc2c(c3cc(C(F)(F)F)ccc13)-c1ccc(-c3ccccc3)cc1C2(C)C. The van der Waals surface area contributed by atoms with Gasteiger partial charge in [0.25, 0.3) is 0 Å². The molecule has 5 rings (SSSR count). The van der Waals surface area contributed by atoms with Crippen LogP contribution >= 0.6 is 0 Å². The summed E-state index contributed by atoms with van der Waals surface area (Å²) in [4.78, 5) is 4.83. The fraction of sp³-hybridized carbons (Fsp3) is 0.222. The first kappa shape index (κ1) is 20.6. The summed E-state index contributed by atoms with van der Waals surface area (Å²) in [6.07, 6.45) is -4.43. The number of nitrogens with zero attached hydrogens (tertiary/aromatic N) is 1. The standard InChI is InChI=1S/C27H22F3NO/c1-4-32-25-19-13-11-18(27(28,29)30)15-21(19)23-20-12-10-17(16-8-6-5-7-9-16)14-22(20)26(2,3)24(23)31-25/h5-15H,4H2,1-3H3. The summed E-state index contributed by atoms with van der Waals surface area (Å²) in [5.74, 6) is 0.374. The normalized spacial score (nSPS) is 14.3. The van der Waals surface area contributed by atoms with Gasteiger partial charge in [0.05, 0.1) is 17.9 Å². The van der Waals surface area contributed by atoms with E-state index in [-0.39, 0.29) is 0 Å². The molecule has 0 bridgehead atoms. The highest BCUT2D eigenvalue weighted by atomic mass is 19.4. The number of ether oxygens (including phenoxy) is 1. The molecular weight excluding hydrogens is 411 g/mol.